The monoisotopic (exact) mass is 447 g/mol. The first-order chi connectivity index (χ1) is 9.66. The maximum absolute atomic E-state index is 6.94. The summed E-state index contributed by atoms with van der Waals surface area (Å²) in [5, 5.41) is 2.80. The van der Waals surface area contributed by atoms with Crippen LogP contribution in [-0.2, 0) is 23.3 Å². The molecule has 0 atom stereocenters. The number of fused-ring (bicyclic) bond motifs is 1. The van der Waals surface area contributed by atoms with E-state index in [1.807, 2.05) is 20.8 Å². The molecule has 0 radical (unpaired) electrons. The summed E-state index contributed by atoms with van der Waals surface area (Å²) in [5.41, 5.74) is 8.45. The van der Waals surface area contributed by atoms with Gasteiger partial charge in [0.15, 0.2) is 0 Å². The zero-order valence-corrected chi connectivity index (χ0v) is 19.9. The molecule has 1 nitrogen and oxygen atoms in total. The van der Waals surface area contributed by atoms with Gasteiger partial charge in [0, 0.05) is 0 Å². The van der Waals surface area contributed by atoms with Crippen LogP contribution in [0, 0.1) is 0 Å². The van der Waals surface area contributed by atoms with Gasteiger partial charge in [0.2, 0.25) is 0 Å². The molecule has 1 fully saturated rings. The van der Waals surface area contributed by atoms with E-state index in [9.17, 15) is 0 Å². The van der Waals surface area contributed by atoms with Gasteiger partial charge >= 0.3 is 41.9 Å². The maximum Gasteiger partial charge on any atom is -0.0340 e. The molecule has 2 aromatic rings. The van der Waals surface area contributed by atoms with Crippen LogP contribution in [0.15, 0.2) is 36.4 Å². The molecule has 0 amide bonds. The van der Waals surface area contributed by atoms with Crippen molar-refractivity contribution in [2.45, 2.75) is 58.2 Å². The van der Waals surface area contributed by atoms with Gasteiger partial charge in [-0.1, -0.05) is 26.8 Å². The van der Waals surface area contributed by atoms with Crippen LogP contribution < -0.4 is 0 Å². The molecule has 23 heavy (non-hydrogen) atoms. The van der Waals surface area contributed by atoms with Gasteiger partial charge in [-0.25, -0.2) is 0 Å². The third-order valence-electron chi connectivity index (χ3n) is 2.69. The van der Waals surface area contributed by atoms with E-state index in [4.69, 9.17) is 5.73 Å². The Labute approximate surface area is 169 Å². The average Bonchev–Trinajstić information content (AvgIpc) is 3.06. The maximum atomic E-state index is 6.94. The van der Waals surface area contributed by atoms with Crippen molar-refractivity contribution in [3.05, 3.63) is 47.7 Å². The molecule has 0 bridgehead atoms. The van der Waals surface area contributed by atoms with Crippen molar-refractivity contribution in [3.63, 3.8) is 0 Å². The molecule has 3 rings (SSSR count). The van der Waals surface area contributed by atoms with Gasteiger partial charge in [-0.3, -0.25) is 0 Å². The second kappa shape index (κ2) is 11.9. The van der Waals surface area contributed by atoms with E-state index in [0.717, 1.165) is 5.92 Å². The number of hydrogen-bond donors (Lipinski definition) is 0. The summed E-state index contributed by atoms with van der Waals surface area (Å²) in [6.45, 7) is 10.2. The van der Waals surface area contributed by atoms with Crippen LogP contribution in [0.4, 0.5) is 0 Å². The predicted octanol–water partition coefficient (Wildman–Crippen LogP) is 6.90. The minimum atomic E-state index is -0.250. The van der Waals surface area contributed by atoms with Gasteiger partial charge in [-0.15, -0.1) is 71.0 Å². The first kappa shape index (κ1) is 25.7. The molecule has 1 N–H and O–H groups in total. The molecule has 0 saturated heterocycles. The topological polar surface area (TPSA) is 23.8 Å². The van der Waals surface area contributed by atoms with E-state index >= 15 is 0 Å². The number of hydrogen-bond acceptors (Lipinski definition) is 0. The fourth-order valence-corrected chi connectivity index (χ4v) is 1.83. The predicted molar refractivity (Wildman–Crippen MR) is 108 cm³/mol. The van der Waals surface area contributed by atoms with Crippen LogP contribution in [0.5, 0.6) is 0 Å². The Morgan fingerprint density at radius 3 is 1.96 bits per heavy atom. The van der Waals surface area contributed by atoms with Crippen molar-refractivity contribution in [2.24, 2.45) is 0 Å². The number of halogens is 2. The summed E-state index contributed by atoms with van der Waals surface area (Å²) in [6, 6.07) is 13.3. The second-order valence-corrected chi connectivity index (χ2v) is 16.3. The number of nitrogens with one attached hydrogen (secondary N) is 1. The standard InChI is InChI=1S/C12H11.C4H10N.C2H6Si.2ClH.Zr/c1-2-4-11-8-12(9-5-6-9)7-10(11)3-1;1-4(2,3)5;1-3-2;;;/h1-4,7-9H,5-6H2;5H,1-3H3;1-2H3;2*1H;/q2*-1;;;;+2. The summed E-state index contributed by atoms with van der Waals surface area (Å²) in [7, 11) is 0. The van der Waals surface area contributed by atoms with E-state index in [1.54, 1.807) is 28.9 Å². The van der Waals surface area contributed by atoms with E-state index in [1.165, 1.54) is 23.6 Å². The van der Waals surface area contributed by atoms with Gasteiger partial charge in [0.25, 0.3) is 0 Å². The van der Waals surface area contributed by atoms with Crippen molar-refractivity contribution in [3.8, 4) is 0 Å². The van der Waals surface area contributed by atoms with E-state index in [2.05, 4.69) is 49.5 Å². The molecule has 0 aromatic heterocycles. The van der Waals surface area contributed by atoms with Crippen molar-refractivity contribution < 1.29 is 23.3 Å². The molecule has 128 valence electrons. The van der Waals surface area contributed by atoms with Gasteiger partial charge in [0.1, 0.15) is 0 Å². The van der Waals surface area contributed by atoms with Crippen LogP contribution >= 0.6 is 24.8 Å². The molecular weight excluding hydrogens is 420 g/mol. The van der Waals surface area contributed by atoms with Gasteiger partial charge < -0.3 is 5.73 Å². The molecule has 0 aliphatic heterocycles. The molecular formula is C18H29Cl2NSiZr. The minimum Gasteiger partial charge on any atom is -0.165 e. The molecule has 0 heterocycles. The Kier molecular flexibility index (Phi) is 13.3. The Morgan fingerprint density at radius 2 is 1.57 bits per heavy atom. The largest absolute Gasteiger partial charge is 0.165 e. The summed E-state index contributed by atoms with van der Waals surface area (Å²) < 4.78 is 0. The molecule has 0 unspecified atom stereocenters. The van der Waals surface area contributed by atoms with Gasteiger partial charge in [-0.05, 0) is 18.8 Å². The minimum absolute atomic E-state index is 0. The first-order valence-corrected chi connectivity index (χ1v) is 13.8. The van der Waals surface area contributed by atoms with Crippen molar-refractivity contribution in [1.29, 1.82) is 0 Å². The first-order valence-electron chi connectivity index (χ1n) is 7.59. The Morgan fingerprint density at radius 1 is 1.13 bits per heavy atom. The SMILES string of the molecule is CC(C)(C)[NH-].C[Si](C)=[Zr+2].Cl.Cl.c1ccc2[cH-]c(C3CC3)cc2c1. The Bertz CT molecular complexity index is 543. The second-order valence-electron chi connectivity index (χ2n) is 6.94. The van der Waals surface area contributed by atoms with Crippen molar-refractivity contribution in [2.75, 3.05) is 0 Å². The average molecular weight is 450 g/mol. The molecule has 5 heteroatoms. The smallest absolute Gasteiger partial charge is 0.0340 e. The van der Waals surface area contributed by atoms with Gasteiger partial charge in [0.05, 0.1) is 0 Å². The summed E-state index contributed by atoms with van der Waals surface area (Å²) in [6.07, 6.45) is 2.80. The summed E-state index contributed by atoms with van der Waals surface area (Å²) in [5.74, 6) is 0.886. The van der Waals surface area contributed by atoms with Crippen LogP contribution in [0.1, 0.15) is 45.1 Å². The number of benzene rings is 1. The third kappa shape index (κ3) is 13.4. The van der Waals surface area contributed by atoms with Crippen LogP contribution in [0.3, 0.4) is 0 Å². The van der Waals surface area contributed by atoms with E-state index in [0.29, 0.717) is 0 Å². The Balaban J connectivity index is 0. The van der Waals surface area contributed by atoms with Crippen molar-refractivity contribution in [1.82, 2.24) is 0 Å². The van der Waals surface area contributed by atoms with E-state index in [-0.39, 0.29) is 35.8 Å². The third-order valence-corrected chi connectivity index (χ3v) is 2.69. The van der Waals surface area contributed by atoms with Crippen LogP contribution in [0.25, 0.3) is 16.5 Å². The molecule has 1 aliphatic carbocycles. The van der Waals surface area contributed by atoms with Gasteiger partial charge in [-0.2, -0.15) is 6.07 Å². The Hall–Kier alpha value is 0.470. The summed E-state index contributed by atoms with van der Waals surface area (Å²) in [4.78, 5) is 0. The quantitative estimate of drug-likeness (QED) is 0.334. The normalized spacial score (nSPS) is 12.7. The zero-order valence-electron chi connectivity index (χ0n) is 14.8. The molecule has 0 spiro atoms. The number of rotatable bonds is 1. The van der Waals surface area contributed by atoms with Crippen molar-refractivity contribution >= 4 is 41.0 Å². The summed E-state index contributed by atoms with van der Waals surface area (Å²) >= 11 is 1.74. The van der Waals surface area contributed by atoms with Crippen LogP contribution in [-0.4, -0.2) is 11.0 Å². The molecule has 1 saturated carbocycles. The fraction of sp³-hybridized carbons (Fsp3) is 0.500. The van der Waals surface area contributed by atoms with E-state index < -0.39 is 0 Å². The molecule has 1 aliphatic rings. The molecule has 2 aromatic carbocycles. The zero-order chi connectivity index (χ0) is 16.0. The van der Waals surface area contributed by atoms with Crippen LogP contribution in [0.2, 0.25) is 13.1 Å². The fourth-order valence-electron chi connectivity index (χ4n) is 1.83.